The minimum atomic E-state index is -0.145. The average molecular weight is 292 g/mol. The number of thiophene rings is 1. The molecule has 5 heteroatoms. The quantitative estimate of drug-likeness (QED) is 0.820. The van der Waals surface area contributed by atoms with Crippen molar-refractivity contribution in [1.29, 1.82) is 0 Å². The van der Waals surface area contributed by atoms with E-state index in [2.05, 4.69) is 24.1 Å². The summed E-state index contributed by atoms with van der Waals surface area (Å²) in [7, 11) is 0. The summed E-state index contributed by atoms with van der Waals surface area (Å²) in [5, 5.41) is 13.6. The topological polar surface area (TPSA) is 52.6 Å². The Morgan fingerprint density at radius 3 is 3.00 bits per heavy atom. The maximum Gasteiger partial charge on any atom is 0.317 e. The molecule has 0 radical (unpaired) electrons. The molecule has 20 heavy (non-hydrogen) atoms. The van der Waals surface area contributed by atoms with Crippen molar-refractivity contribution in [3.63, 3.8) is 0 Å². The van der Waals surface area contributed by atoms with E-state index in [0.29, 0.717) is 6.54 Å². The van der Waals surface area contributed by atoms with Crippen LogP contribution in [0.3, 0.4) is 0 Å². The van der Waals surface area contributed by atoms with Gasteiger partial charge in [0.05, 0.1) is 6.54 Å². The molecule has 0 aromatic carbocycles. The number of nitrogens with one attached hydrogen (secondary N) is 1. The lowest BCUT2D eigenvalue weighted by molar-refractivity contribution is 0.173. The first kappa shape index (κ1) is 14.9. The minimum absolute atomic E-state index is 0.00590. The van der Waals surface area contributed by atoms with E-state index in [1.54, 1.807) is 11.3 Å². The van der Waals surface area contributed by atoms with E-state index in [0.717, 1.165) is 42.3 Å². The Bertz CT molecular complexity index is 507. The molecule has 0 unspecified atom stereocenters. The van der Waals surface area contributed by atoms with Gasteiger partial charge in [0.2, 0.25) is 0 Å². The average Bonchev–Trinajstić information content (AvgIpc) is 2.90. The normalized spacial score (nSPS) is 15.6. The molecule has 1 aromatic heterocycles. The van der Waals surface area contributed by atoms with Crippen molar-refractivity contribution in [2.45, 2.75) is 26.3 Å². The van der Waals surface area contributed by atoms with Gasteiger partial charge in [-0.1, -0.05) is 18.8 Å². The molecule has 0 atom stereocenters. The number of rotatable bonds is 2. The second-order valence-electron chi connectivity index (χ2n) is 5.05. The molecule has 0 bridgehead atoms. The van der Waals surface area contributed by atoms with Gasteiger partial charge in [0, 0.05) is 23.5 Å². The Morgan fingerprint density at radius 1 is 1.55 bits per heavy atom. The fourth-order valence-electron chi connectivity index (χ4n) is 2.20. The Balaban J connectivity index is 1.86. The number of amides is 2. The van der Waals surface area contributed by atoms with Crippen LogP contribution in [-0.2, 0) is 6.54 Å². The molecule has 2 heterocycles. The highest BCUT2D eigenvalue weighted by molar-refractivity contribution is 7.10. The van der Waals surface area contributed by atoms with Crippen molar-refractivity contribution in [2.75, 3.05) is 19.7 Å². The third-order valence-electron chi connectivity index (χ3n) is 3.52. The number of aliphatic hydroxyl groups excluding tert-OH is 1. The third-order valence-corrected chi connectivity index (χ3v) is 4.44. The number of carbonyl (C=O) groups is 1. The summed E-state index contributed by atoms with van der Waals surface area (Å²) in [6.07, 6.45) is 2.17. The van der Waals surface area contributed by atoms with E-state index in [1.807, 2.05) is 16.3 Å². The van der Waals surface area contributed by atoms with Crippen LogP contribution < -0.4 is 5.32 Å². The fraction of sp³-hybridized carbons (Fsp3) is 0.533. The van der Waals surface area contributed by atoms with Gasteiger partial charge in [-0.2, -0.15) is 0 Å². The standard InChI is InChI=1S/C15H20N2O2S/c1-12-4-7-17(8-5-12)15(19)16-11-14-13(3-2-9-18)6-10-20-14/h6,10,12,18H,4-5,7-9,11H2,1H3,(H,16,19). The van der Waals surface area contributed by atoms with Crippen LogP contribution >= 0.6 is 11.3 Å². The van der Waals surface area contributed by atoms with Crippen LogP contribution in [0.1, 0.15) is 30.2 Å². The minimum Gasteiger partial charge on any atom is -0.384 e. The predicted molar refractivity (Wildman–Crippen MR) is 80.5 cm³/mol. The molecule has 2 N–H and O–H groups in total. The highest BCUT2D eigenvalue weighted by Crippen LogP contribution is 2.17. The number of hydrogen-bond acceptors (Lipinski definition) is 3. The van der Waals surface area contributed by atoms with E-state index in [4.69, 9.17) is 5.11 Å². The number of likely N-dealkylation sites (tertiary alicyclic amines) is 1. The van der Waals surface area contributed by atoms with Crippen LogP contribution in [0.15, 0.2) is 11.4 Å². The van der Waals surface area contributed by atoms with Crippen molar-refractivity contribution in [2.24, 2.45) is 5.92 Å². The molecule has 1 aromatic rings. The predicted octanol–water partition coefficient (Wildman–Crippen LogP) is 2.03. The number of hydrogen-bond donors (Lipinski definition) is 2. The van der Waals surface area contributed by atoms with E-state index in [9.17, 15) is 4.79 Å². The molecule has 1 aliphatic rings. The summed E-state index contributed by atoms with van der Waals surface area (Å²) in [5.74, 6) is 6.25. The summed E-state index contributed by atoms with van der Waals surface area (Å²) in [6.45, 7) is 4.27. The first-order valence-electron chi connectivity index (χ1n) is 6.89. The molecule has 1 aliphatic heterocycles. The molecule has 108 valence electrons. The monoisotopic (exact) mass is 292 g/mol. The zero-order valence-electron chi connectivity index (χ0n) is 11.7. The van der Waals surface area contributed by atoms with Crippen molar-refractivity contribution in [3.8, 4) is 11.8 Å². The molecule has 2 amide bonds. The zero-order valence-corrected chi connectivity index (χ0v) is 12.5. The molecule has 0 spiro atoms. The summed E-state index contributed by atoms with van der Waals surface area (Å²) < 4.78 is 0. The van der Waals surface area contributed by atoms with Gasteiger partial charge in [-0.05, 0) is 30.2 Å². The lowest BCUT2D eigenvalue weighted by atomic mass is 10.00. The van der Waals surface area contributed by atoms with E-state index < -0.39 is 0 Å². The van der Waals surface area contributed by atoms with Crippen LogP contribution in [-0.4, -0.2) is 35.7 Å². The smallest absolute Gasteiger partial charge is 0.317 e. The largest absolute Gasteiger partial charge is 0.384 e. The molecule has 1 saturated heterocycles. The summed E-state index contributed by atoms with van der Waals surface area (Å²) in [5.41, 5.74) is 0.886. The Labute approximate surface area is 123 Å². The molecule has 0 aliphatic carbocycles. The fourth-order valence-corrected chi connectivity index (χ4v) is 2.97. The lowest BCUT2D eigenvalue weighted by Gasteiger charge is -2.30. The van der Waals surface area contributed by atoms with Gasteiger partial charge >= 0.3 is 6.03 Å². The van der Waals surface area contributed by atoms with Crippen molar-refractivity contribution >= 4 is 17.4 Å². The Hall–Kier alpha value is -1.51. The van der Waals surface area contributed by atoms with Gasteiger partial charge in [0.25, 0.3) is 0 Å². The van der Waals surface area contributed by atoms with E-state index >= 15 is 0 Å². The van der Waals surface area contributed by atoms with Gasteiger partial charge in [-0.15, -0.1) is 11.3 Å². The van der Waals surface area contributed by atoms with Crippen LogP contribution in [0.4, 0.5) is 4.79 Å². The second-order valence-corrected chi connectivity index (χ2v) is 6.05. The van der Waals surface area contributed by atoms with Crippen molar-refractivity contribution < 1.29 is 9.90 Å². The third kappa shape index (κ3) is 3.99. The molecule has 0 saturated carbocycles. The van der Waals surface area contributed by atoms with Crippen LogP contribution in [0, 0.1) is 17.8 Å². The maximum atomic E-state index is 12.1. The van der Waals surface area contributed by atoms with Gasteiger partial charge in [0.15, 0.2) is 0 Å². The summed E-state index contributed by atoms with van der Waals surface area (Å²) >= 11 is 1.57. The molecule has 2 rings (SSSR count). The van der Waals surface area contributed by atoms with Gasteiger partial charge < -0.3 is 15.3 Å². The number of urea groups is 1. The number of carbonyl (C=O) groups excluding carboxylic acids is 1. The molecule has 4 nitrogen and oxygen atoms in total. The highest BCUT2D eigenvalue weighted by Gasteiger charge is 2.20. The summed E-state index contributed by atoms with van der Waals surface area (Å²) in [4.78, 5) is 15.0. The molecular formula is C15H20N2O2S. The maximum absolute atomic E-state index is 12.1. The highest BCUT2D eigenvalue weighted by atomic mass is 32.1. The number of nitrogens with zero attached hydrogens (tertiary/aromatic N) is 1. The van der Waals surface area contributed by atoms with Crippen molar-refractivity contribution in [3.05, 3.63) is 21.9 Å². The first-order valence-corrected chi connectivity index (χ1v) is 7.77. The Kier molecular flexibility index (Phi) is 5.45. The second kappa shape index (κ2) is 7.32. The first-order chi connectivity index (χ1) is 9.70. The van der Waals surface area contributed by atoms with E-state index in [1.165, 1.54) is 0 Å². The van der Waals surface area contributed by atoms with Crippen LogP contribution in [0.2, 0.25) is 0 Å². The van der Waals surface area contributed by atoms with Gasteiger partial charge in [-0.25, -0.2) is 4.79 Å². The molecule has 1 fully saturated rings. The SMILES string of the molecule is CC1CCN(C(=O)NCc2sccc2C#CCO)CC1. The lowest BCUT2D eigenvalue weighted by Crippen LogP contribution is -2.43. The van der Waals surface area contributed by atoms with Crippen LogP contribution in [0.25, 0.3) is 0 Å². The zero-order chi connectivity index (χ0) is 14.4. The number of piperidine rings is 1. The van der Waals surface area contributed by atoms with Gasteiger partial charge in [-0.3, -0.25) is 0 Å². The van der Waals surface area contributed by atoms with Crippen molar-refractivity contribution in [1.82, 2.24) is 10.2 Å². The van der Waals surface area contributed by atoms with E-state index in [-0.39, 0.29) is 12.6 Å². The van der Waals surface area contributed by atoms with Crippen LogP contribution in [0.5, 0.6) is 0 Å². The van der Waals surface area contributed by atoms with Gasteiger partial charge in [0.1, 0.15) is 6.61 Å². The summed E-state index contributed by atoms with van der Waals surface area (Å²) in [6, 6.07) is 1.92. The molecular weight excluding hydrogens is 272 g/mol. The Morgan fingerprint density at radius 2 is 2.30 bits per heavy atom. The number of aliphatic hydroxyl groups is 1.